The van der Waals surface area contributed by atoms with E-state index in [0.717, 1.165) is 12.8 Å². The van der Waals surface area contributed by atoms with Crippen molar-refractivity contribution in [1.29, 1.82) is 0 Å². The predicted octanol–water partition coefficient (Wildman–Crippen LogP) is 2.33. The van der Waals surface area contributed by atoms with Crippen molar-refractivity contribution in [3.05, 3.63) is 29.6 Å². The average molecular weight is 282 g/mol. The lowest BCUT2D eigenvalue weighted by atomic mass is 9.82. The quantitative estimate of drug-likeness (QED) is 0.806. The van der Waals surface area contributed by atoms with E-state index in [1.165, 1.54) is 25.3 Å². The summed E-state index contributed by atoms with van der Waals surface area (Å²) in [6.07, 6.45) is 1.79. The number of amides is 1. The van der Waals surface area contributed by atoms with Crippen LogP contribution in [0.1, 0.15) is 37.0 Å². The number of methoxy groups -OCH3 is 1. The second kappa shape index (κ2) is 7.24. The molecule has 3 N–H and O–H groups in total. The van der Waals surface area contributed by atoms with Gasteiger partial charge in [-0.1, -0.05) is 13.8 Å². The van der Waals surface area contributed by atoms with E-state index < -0.39 is 5.82 Å². The highest BCUT2D eigenvalue weighted by atomic mass is 19.1. The van der Waals surface area contributed by atoms with Gasteiger partial charge >= 0.3 is 0 Å². The van der Waals surface area contributed by atoms with Crippen LogP contribution >= 0.6 is 0 Å². The second-order valence-electron chi connectivity index (χ2n) is 4.94. The molecule has 0 fully saturated rings. The van der Waals surface area contributed by atoms with Crippen LogP contribution in [0.25, 0.3) is 0 Å². The first-order valence-electron chi connectivity index (χ1n) is 6.83. The molecule has 0 aliphatic carbocycles. The molecule has 0 heterocycles. The minimum atomic E-state index is -0.484. The summed E-state index contributed by atoms with van der Waals surface area (Å²) in [5.74, 6) is -0.667. The second-order valence-corrected chi connectivity index (χ2v) is 4.94. The molecule has 0 bridgehead atoms. The van der Waals surface area contributed by atoms with Crippen molar-refractivity contribution in [2.45, 2.75) is 26.7 Å². The van der Waals surface area contributed by atoms with Crippen LogP contribution < -0.4 is 15.8 Å². The van der Waals surface area contributed by atoms with Gasteiger partial charge in [-0.2, -0.15) is 0 Å². The maximum Gasteiger partial charge on any atom is 0.251 e. The molecule has 0 radical (unpaired) electrons. The monoisotopic (exact) mass is 282 g/mol. The van der Waals surface area contributed by atoms with Gasteiger partial charge in [0, 0.05) is 12.1 Å². The third kappa shape index (κ3) is 3.70. The summed E-state index contributed by atoms with van der Waals surface area (Å²) in [6, 6.07) is 4.06. The van der Waals surface area contributed by atoms with Gasteiger partial charge in [0.2, 0.25) is 0 Å². The number of rotatable bonds is 7. The molecule has 20 heavy (non-hydrogen) atoms. The summed E-state index contributed by atoms with van der Waals surface area (Å²) < 4.78 is 18.2. The summed E-state index contributed by atoms with van der Waals surface area (Å²) in [7, 11) is 1.37. The minimum absolute atomic E-state index is 0.0636. The number of hydrogen-bond acceptors (Lipinski definition) is 3. The number of benzene rings is 1. The molecule has 0 aliphatic heterocycles. The van der Waals surface area contributed by atoms with Gasteiger partial charge in [-0.15, -0.1) is 0 Å². The van der Waals surface area contributed by atoms with Crippen molar-refractivity contribution in [2.24, 2.45) is 11.1 Å². The molecule has 0 atom stereocenters. The largest absolute Gasteiger partial charge is 0.494 e. The zero-order valence-corrected chi connectivity index (χ0v) is 12.3. The first kappa shape index (κ1) is 16.4. The summed E-state index contributed by atoms with van der Waals surface area (Å²) in [5, 5.41) is 2.87. The smallest absolute Gasteiger partial charge is 0.251 e. The van der Waals surface area contributed by atoms with E-state index in [1.807, 2.05) is 0 Å². The van der Waals surface area contributed by atoms with Crippen LogP contribution in [0.2, 0.25) is 0 Å². The van der Waals surface area contributed by atoms with Gasteiger partial charge in [0.1, 0.15) is 0 Å². The molecular weight excluding hydrogens is 259 g/mol. The molecular formula is C15H23FN2O2. The first-order valence-corrected chi connectivity index (χ1v) is 6.83. The van der Waals surface area contributed by atoms with Gasteiger partial charge in [0.25, 0.3) is 5.91 Å². The zero-order valence-electron chi connectivity index (χ0n) is 12.3. The van der Waals surface area contributed by atoms with Gasteiger partial charge in [-0.3, -0.25) is 4.79 Å². The van der Waals surface area contributed by atoms with E-state index in [0.29, 0.717) is 18.7 Å². The molecule has 1 aromatic carbocycles. The normalized spacial score (nSPS) is 11.2. The predicted molar refractivity (Wildman–Crippen MR) is 77.4 cm³/mol. The summed E-state index contributed by atoms with van der Waals surface area (Å²) in [6.45, 7) is 5.15. The summed E-state index contributed by atoms with van der Waals surface area (Å²) in [4.78, 5) is 12.1. The molecule has 0 aliphatic rings. The Morgan fingerprint density at radius 3 is 2.55 bits per heavy atom. The topological polar surface area (TPSA) is 64.3 Å². The van der Waals surface area contributed by atoms with Crippen molar-refractivity contribution in [3.63, 3.8) is 0 Å². The number of nitrogens with two attached hydrogens (primary N) is 1. The Balaban J connectivity index is 2.76. The van der Waals surface area contributed by atoms with Crippen LogP contribution in [0, 0.1) is 11.2 Å². The van der Waals surface area contributed by atoms with Crippen molar-refractivity contribution < 1.29 is 13.9 Å². The third-order valence-electron chi connectivity index (χ3n) is 3.97. The molecule has 5 heteroatoms. The van der Waals surface area contributed by atoms with Crippen LogP contribution in [-0.2, 0) is 0 Å². The number of carbonyl (C=O) groups is 1. The Kier molecular flexibility index (Phi) is 5.95. The lowest BCUT2D eigenvalue weighted by molar-refractivity contribution is 0.0927. The molecule has 0 saturated carbocycles. The standard InChI is InChI=1S/C15H23FN2O2/c1-4-15(5-2,9-17)10-18-14(19)11-6-7-12(16)13(8-11)20-3/h6-8H,4-5,9-10,17H2,1-3H3,(H,18,19). The number of halogens is 1. The lowest BCUT2D eigenvalue weighted by Gasteiger charge is -2.30. The van der Waals surface area contributed by atoms with Gasteiger partial charge in [-0.05, 0) is 43.0 Å². The maximum atomic E-state index is 13.3. The molecule has 0 aromatic heterocycles. The minimum Gasteiger partial charge on any atom is -0.494 e. The van der Waals surface area contributed by atoms with E-state index in [2.05, 4.69) is 19.2 Å². The Hall–Kier alpha value is -1.62. The third-order valence-corrected chi connectivity index (χ3v) is 3.97. The van der Waals surface area contributed by atoms with Crippen LogP contribution in [0.3, 0.4) is 0 Å². The molecule has 0 saturated heterocycles. The number of nitrogens with one attached hydrogen (secondary N) is 1. The fourth-order valence-corrected chi connectivity index (χ4v) is 2.03. The fourth-order valence-electron chi connectivity index (χ4n) is 2.03. The lowest BCUT2D eigenvalue weighted by Crippen LogP contribution is -2.41. The Morgan fingerprint density at radius 2 is 2.05 bits per heavy atom. The van der Waals surface area contributed by atoms with Gasteiger partial charge in [0.15, 0.2) is 11.6 Å². The van der Waals surface area contributed by atoms with Gasteiger partial charge < -0.3 is 15.8 Å². The van der Waals surface area contributed by atoms with E-state index in [-0.39, 0.29) is 17.1 Å². The first-order chi connectivity index (χ1) is 9.51. The van der Waals surface area contributed by atoms with Crippen molar-refractivity contribution >= 4 is 5.91 Å². The average Bonchev–Trinajstić information content (AvgIpc) is 2.49. The molecule has 112 valence electrons. The Morgan fingerprint density at radius 1 is 1.40 bits per heavy atom. The molecule has 1 aromatic rings. The fraction of sp³-hybridized carbons (Fsp3) is 0.533. The van der Waals surface area contributed by atoms with E-state index in [9.17, 15) is 9.18 Å². The summed E-state index contributed by atoms with van der Waals surface area (Å²) in [5.41, 5.74) is 6.09. The van der Waals surface area contributed by atoms with Gasteiger partial charge in [-0.25, -0.2) is 4.39 Å². The highest BCUT2D eigenvalue weighted by molar-refractivity contribution is 5.94. The molecule has 4 nitrogen and oxygen atoms in total. The highest BCUT2D eigenvalue weighted by Gasteiger charge is 2.25. The molecule has 1 amide bonds. The Bertz CT molecular complexity index is 451. The highest BCUT2D eigenvalue weighted by Crippen LogP contribution is 2.24. The Labute approximate surface area is 119 Å². The zero-order chi connectivity index (χ0) is 15.2. The van der Waals surface area contributed by atoms with Crippen molar-refractivity contribution in [3.8, 4) is 5.75 Å². The number of carbonyl (C=O) groups excluding carboxylic acids is 1. The number of ether oxygens (including phenoxy) is 1. The molecule has 1 rings (SSSR count). The number of hydrogen-bond donors (Lipinski definition) is 2. The summed E-state index contributed by atoms with van der Waals surface area (Å²) >= 11 is 0. The van der Waals surface area contributed by atoms with E-state index >= 15 is 0 Å². The van der Waals surface area contributed by atoms with Crippen LogP contribution in [0.15, 0.2) is 18.2 Å². The molecule has 0 unspecified atom stereocenters. The maximum absolute atomic E-state index is 13.3. The van der Waals surface area contributed by atoms with Crippen molar-refractivity contribution in [2.75, 3.05) is 20.2 Å². The van der Waals surface area contributed by atoms with E-state index in [4.69, 9.17) is 10.5 Å². The van der Waals surface area contributed by atoms with Crippen molar-refractivity contribution in [1.82, 2.24) is 5.32 Å². The molecule has 0 spiro atoms. The van der Waals surface area contributed by atoms with Gasteiger partial charge in [0.05, 0.1) is 7.11 Å². The van der Waals surface area contributed by atoms with Crippen LogP contribution in [0.4, 0.5) is 4.39 Å². The van der Waals surface area contributed by atoms with Crippen LogP contribution in [0.5, 0.6) is 5.75 Å². The van der Waals surface area contributed by atoms with Crippen LogP contribution in [-0.4, -0.2) is 26.1 Å². The van der Waals surface area contributed by atoms with E-state index in [1.54, 1.807) is 0 Å². The SMILES string of the molecule is CCC(CC)(CN)CNC(=O)c1ccc(F)c(OC)c1.